The zero-order valence-corrected chi connectivity index (χ0v) is 18.8. The SMILES string of the molecule is CCOC(=O)c1nccc2c1CN(c1cc3c(cc1C)CCC(c1ncccc1F)O3)C(=O)N2. The van der Waals surface area contributed by atoms with E-state index < -0.39 is 17.9 Å². The van der Waals surface area contributed by atoms with Crippen LogP contribution in [0.15, 0.2) is 42.7 Å². The number of pyridine rings is 2. The number of hydrogen-bond donors (Lipinski definition) is 1. The average molecular weight is 462 g/mol. The molecule has 1 N–H and O–H groups in total. The Labute approximate surface area is 195 Å². The van der Waals surface area contributed by atoms with Crippen LogP contribution < -0.4 is 15.0 Å². The smallest absolute Gasteiger partial charge is 0.357 e. The maximum atomic E-state index is 14.3. The molecule has 1 aromatic carbocycles. The average Bonchev–Trinajstić information content (AvgIpc) is 2.83. The summed E-state index contributed by atoms with van der Waals surface area (Å²) in [6, 6.07) is 8.01. The standard InChI is InChI=1S/C25H23FN4O4/c1-3-33-24(31)22-16-13-30(25(32)29-18(16)8-10-28-22)19-12-21-15(11-14(19)2)6-7-20(34-21)23-17(26)5-4-9-27-23/h4-5,8-12,20H,3,6-7,13H2,1-2H3,(H,29,32). The third-order valence-corrected chi connectivity index (χ3v) is 6.03. The second-order valence-electron chi connectivity index (χ2n) is 8.18. The minimum atomic E-state index is -0.541. The molecule has 0 spiro atoms. The Bertz CT molecular complexity index is 1300. The molecule has 0 fully saturated rings. The van der Waals surface area contributed by atoms with Gasteiger partial charge in [0, 0.05) is 24.0 Å². The number of esters is 1. The van der Waals surface area contributed by atoms with Crippen LogP contribution in [-0.4, -0.2) is 28.6 Å². The van der Waals surface area contributed by atoms with E-state index in [4.69, 9.17) is 9.47 Å². The lowest BCUT2D eigenvalue weighted by atomic mass is 9.97. The van der Waals surface area contributed by atoms with Crippen LogP contribution in [0, 0.1) is 12.7 Å². The number of nitrogens with zero attached hydrogens (tertiary/aromatic N) is 3. The Balaban J connectivity index is 1.49. The second-order valence-corrected chi connectivity index (χ2v) is 8.18. The molecule has 1 atom stereocenters. The third-order valence-electron chi connectivity index (χ3n) is 6.03. The zero-order valence-electron chi connectivity index (χ0n) is 18.8. The van der Waals surface area contributed by atoms with Crippen LogP contribution in [0.2, 0.25) is 0 Å². The molecule has 2 amide bonds. The maximum absolute atomic E-state index is 14.3. The van der Waals surface area contributed by atoms with Gasteiger partial charge in [-0.1, -0.05) is 6.07 Å². The number of aromatic nitrogens is 2. The molecule has 174 valence electrons. The van der Waals surface area contributed by atoms with Gasteiger partial charge in [0.05, 0.1) is 24.5 Å². The summed E-state index contributed by atoms with van der Waals surface area (Å²) < 4.78 is 25.6. The quantitative estimate of drug-likeness (QED) is 0.564. The lowest BCUT2D eigenvalue weighted by Gasteiger charge is -2.33. The summed E-state index contributed by atoms with van der Waals surface area (Å²) in [6.45, 7) is 4.00. The second kappa shape index (κ2) is 8.74. The van der Waals surface area contributed by atoms with Gasteiger partial charge in [0.25, 0.3) is 0 Å². The summed E-state index contributed by atoms with van der Waals surface area (Å²) >= 11 is 0. The van der Waals surface area contributed by atoms with Gasteiger partial charge in [0.1, 0.15) is 23.4 Å². The van der Waals surface area contributed by atoms with E-state index in [0.29, 0.717) is 35.5 Å². The first-order valence-corrected chi connectivity index (χ1v) is 11.1. The first-order chi connectivity index (χ1) is 16.5. The van der Waals surface area contributed by atoms with Gasteiger partial charge in [-0.05, 0) is 56.0 Å². The van der Waals surface area contributed by atoms with E-state index >= 15 is 0 Å². The number of carbonyl (C=O) groups excluding carboxylic acids is 2. The number of aryl methyl sites for hydroxylation is 2. The lowest BCUT2D eigenvalue weighted by Crippen LogP contribution is -2.40. The summed E-state index contributed by atoms with van der Waals surface area (Å²) in [5, 5.41) is 2.83. The highest BCUT2D eigenvalue weighted by atomic mass is 19.1. The molecule has 0 saturated carbocycles. The number of anilines is 2. The molecule has 9 heteroatoms. The van der Waals surface area contributed by atoms with Crippen molar-refractivity contribution in [2.24, 2.45) is 0 Å². The van der Waals surface area contributed by atoms with Gasteiger partial charge in [-0.2, -0.15) is 0 Å². The van der Waals surface area contributed by atoms with Crippen LogP contribution in [0.25, 0.3) is 0 Å². The normalized spacial score (nSPS) is 16.7. The number of hydrogen-bond acceptors (Lipinski definition) is 6. The van der Waals surface area contributed by atoms with E-state index in [2.05, 4.69) is 15.3 Å². The van der Waals surface area contributed by atoms with Gasteiger partial charge >= 0.3 is 12.0 Å². The molecule has 0 radical (unpaired) electrons. The van der Waals surface area contributed by atoms with Crippen molar-refractivity contribution < 1.29 is 23.5 Å². The highest BCUT2D eigenvalue weighted by Gasteiger charge is 2.32. The van der Waals surface area contributed by atoms with Crippen molar-refractivity contribution in [1.82, 2.24) is 9.97 Å². The fraction of sp³-hybridized carbons (Fsp3) is 0.280. The number of benzene rings is 1. The molecular weight excluding hydrogens is 439 g/mol. The molecule has 5 rings (SSSR count). The molecule has 0 aliphatic carbocycles. The van der Waals surface area contributed by atoms with Crippen LogP contribution in [0.3, 0.4) is 0 Å². The molecule has 3 aromatic rings. The topological polar surface area (TPSA) is 93.7 Å². The number of amides is 2. The van der Waals surface area contributed by atoms with E-state index in [1.165, 1.54) is 17.2 Å². The predicted molar refractivity (Wildman–Crippen MR) is 122 cm³/mol. The molecule has 34 heavy (non-hydrogen) atoms. The van der Waals surface area contributed by atoms with E-state index in [9.17, 15) is 14.0 Å². The summed E-state index contributed by atoms with van der Waals surface area (Å²) in [7, 11) is 0. The fourth-order valence-electron chi connectivity index (χ4n) is 4.41. The van der Waals surface area contributed by atoms with Gasteiger partial charge in [-0.3, -0.25) is 9.88 Å². The van der Waals surface area contributed by atoms with Crippen molar-refractivity contribution >= 4 is 23.4 Å². The molecule has 0 saturated heterocycles. The van der Waals surface area contributed by atoms with E-state index in [1.807, 2.05) is 13.0 Å². The predicted octanol–water partition coefficient (Wildman–Crippen LogP) is 4.72. The first kappa shape index (κ1) is 21.8. The maximum Gasteiger partial charge on any atom is 0.357 e. The van der Waals surface area contributed by atoms with Crippen molar-refractivity contribution in [3.8, 4) is 5.75 Å². The largest absolute Gasteiger partial charge is 0.484 e. The molecular formula is C25H23FN4O4. The summed E-state index contributed by atoms with van der Waals surface area (Å²) in [6.07, 6.45) is 3.80. The van der Waals surface area contributed by atoms with Crippen LogP contribution >= 0.6 is 0 Å². The third kappa shape index (κ3) is 3.83. The number of urea groups is 1. The Kier molecular flexibility index (Phi) is 5.61. The first-order valence-electron chi connectivity index (χ1n) is 11.1. The monoisotopic (exact) mass is 462 g/mol. The molecule has 2 aliphatic rings. The summed E-state index contributed by atoms with van der Waals surface area (Å²) in [5.41, 5.74) is 4.03. The van der Waals surface area contributed by atoms with Crippen LogP contribution in [0.5, 0.6) is 5.75 Å². The number of nitrogens with one attached hydrogen (secondary N) is 1. The highest BCUT2D eigenvalue weighted by Crippen LogP contribution is 2.40. The number of rotatable bonds is 4. The van der Waals surface area contributed by atoms with Gasteiger partial charge in [-0.25, -0.2) is 19.0 Å². The Hall–Kier alpha value is -4.01. The Morgan fingerprint density at radius 1 is 1.29 bits per heavy atom. The van der Waals surface area contributed by atoms with E-state index in [1.54, 1.807) is 31.3 Å². The van der Waals surface area contributed by atoms with Crippen LogP contribution in [0.1, 0.15) is 52.3 Å². The summed E-state index contributed by atoms with van der Waals surface area (Å²) in [5.74, 6) is -0.368. The van der Waals surface area contributed by atoms with Crippen LogP contribution in [-0.2, 0) is 17.7 Å². The van der Waals surface area contributed by atoms with Crippen molar-refractivity contribution in [2.75, 3.05) is 16.8 Å². The lowest BCUT2D eigenvalue weighted by molar-refractivity contribution is 0.0518. The molecule has 4 heterocycles. The number of halogens is 1. The number of fused-ring (bicyclic) bond motifs is 2. The van der Waals surface area contributed by atoms with Gasteiger partial charge < -0.3 is 14.8 Å². The van der Waals surface area contributed by atoms with Gasteiger partial charge in [0.15, 0.2) is 5.69 Å². The van der Waals surface area contributed by atoms with E-state index in [0.717, 1.165) is 11.1 Å². The van der Waals surface area contributed by atoms with Crippen molar-refractivity contribution in [2.45, 2.75) is 39.3 Å². The van der Waals surface area contributed by atoms with Crippen molar-refractivity contribution in [3.63, 3.8) is 0 Å². The Morgan fingerprint density at radius 3 is 2.94 bits per heavy atom. The molecule has 2 aromatic heterocycles. The minimum absolute atomic E-state index is 0.140. The van der Waals surface area contributed by atoms with Gasteiger partial charge in [0.2, 0.25) is 0 Å². The number of ether oxygens (including phenoxy) is 2. The molecule has 2 aliphatic heterocycles. The highest BCUT2D eigenvalue weighted by molar-refractivity contribution is 6.06. The zero-order chi connectivity index (χ0) is 23.8. The molecule has 0 bridgehead atoms. The van der Waals surface area contributed by atoms with Crippen LogP contribution in [0.4, 0.5) is 20.6 Å². The molecule has 8 nitrogen and oxygen atoms in total. The summed E-state index contributed by atoms with van der Waals surface area (Å²) in [4.78, 5) is 35.3. The molecule has 1 unspecified atom stereocenters. The fourth-order valence-corrected chi connectivity index (χ4v) is 4.41. The van der Waals surface area contributed by atoms with Crippen molar-refractivity contribution in [1.29, 1.82) is 0 Å². The Morgan fingerprint density at radius 2 is 2.15 bits per heavy atom. The number of carbonyl (C=O) groups is 2. The minimum Gasteiger partial charge on any atom is -0.484 e. The van der Waals surface area contributed by atoms with E-state index in [-0.39, 0.29) is 30.6 Å². The van der Waals surface area contributed by atoms with Crippen molar-refractivity contribution in [3.05, 3.63) is 76.6 Å². The van der Waals surface area contributed by atoms with Gasteiger partial charge in [-0.15, -0.1) is 0 Å².